The van der Waals surface area contributed by atoms with Gasteiger partial charge in [-0.2, -0.15) is 0 Å². The highest BCUT2D eigenvalue weighted by Gasteiger charge is 2.29. The molecule has 6 heteroatoms. The van der Waals surface area contributed by atoms with Gasteiger partial charge in [0.05, 0.1) is 18.8 Å². The maximum Gasteiger partial charge on any atom is 0.237 e. The average Bonchev–Trinajstić information content (AvgIpc) is 3.10. The first kappa shape index (κ1) is 17.5. The Morgan fingerprint density at radius 2 is 2.09 bits per heavy atom. The van der Waals surface area contributed by atoms with Crippen LogP contribution in [0.15, 0.2) is 22.8 Å². The number of likely N-dealkylation sites (tertiary alicyclic amines) is 1. The lowest BCUT2D eigenvalue weighted by Crippen LogP contribution is -2.49. The zero-order chi connectivity index (χ0) is 16.7. The van der Waals surface area contributed by atoms with Gasteiger partial charge in [-0.05, 0) is 51.4 Å². The summed E-state index contributed by atoms with van der Waals surface area (Å²) in [7, 11) is 0. The van der Waals surface area contributed by atoms with Crippen LogP contribution in [-0.4, -0.2) is 42.4 Å². The molecule has 0 spiro atoms. The van der Waals surface area contributed by atoms with Gasteiger partial charge in [0.1, 0.15) is 5.76 Å². The van der Waals surface area contributed by atoms with E-state index in [1.807, 2.05) is 26.0 Å². The predicted octanol–water partition coefficient (Wildman–Crippen LogP) is 1.52. The number of rotatable bonds is 7. The molecule has 23 heavy (non-hydrogen) atoms. The molecule has 2 rings (SSSR count). The quantitative estimate of drug-likeness (QED) is 0.798. The van der Waals surface area contributed by atoms with Crippen LogP contribution < -0.4 is 10.6 Å². The molecule has 1 aromatic rings. The SMILES string of the molecule is CCCNC(=O)[C@@H](C)N1CCC(C(=O)NCc2ccco2)CC1. The number of piperidine rings is 1. The lowest BCUT2D eigenvalue weighted by molar-refractivity contribution is -0.128. The summed E-state index contributed by atoms with van der Waals surface area (Å²) in [6, 6.07) is 3.53. The fourth-order valence-electron chi connectivity index (χ4n) is 2.84. The van der Waals surface area contributed by atoms with E-state index in [4.69, 9.17) is 4.42 Å². The number of hydrogen-bond acceptors (Lipinski definition) is 4. The van der Waals surface area contributed by atoms with Crippen LogP contribution >= 0.6 is 0 Å². The molecular weight excluding hydrogens is 294 g/mol. The first-order valence-electron chi connectivity index (χ1n) is 8.43. The van der Waals surface area contributed by atoms with Gasteiger partial charge in [-0.25, -0.2) is 0 Å². The molecule has 0 unspecified atom stereocenters. The van der Waals surface area contributed by atoms with E-state index in [-0.39, 0.29) is 23.8 Å². The van der Waals surface area contributed by atoms with Crippen LogP contribution in [0.4, 0.5) is 0 Å². The van der Waals surface area contributed by atoms with Crippen molar-refractivity contribution in [3.05, 3.63) is 24.2 Å². The largest absolute Gasteiger partial charge is 0.467 e. The van der Waals surface area contributed by atoms with Crippen molar-refractivity contribution in [2.24, 2.45) is 5.92 Å². The van der Waals surface area contributed by atoms with Crippen LogP contribution in [0.5, 0.6) is 0 Å². The highest BCUT2D eigenvalue weighted by atomic mass is 16.3. The Morgan fingerprint density at radius 3 is 2.70 bits per heavy atom. The minimum absolute atomic E-state index is 0.0205. The smallest absolute Gasteiger partial charge is 0.237 e. The van der Waals surface area contributed by atoms with Crippen molar-refractivity contribution >= 4 is 11.8 Å². The van der Waals surface area contributed by atoms with Gasteiger partial charge in [-0.1, -0.05) is 6.92 Å². The Balaban J connectivity index is 1.72. The molecule has 0 bridgehead atoms. The van der Waals surface area contributed by atoms with E-state index in [1.165, 1.54) is 0 Å². The lowest BCUT2D eigenvalue weighted by atomic mass is 9.95. The Labute approximate surface area is 137 Å². The number of carbonyl (C=O) groups is 2. The molecule has 1 aromatic heterocycles. The molecule has 2 amide bonds. The second-order valence-corrected chi connectivity index (χ2v) is 6.07. The second-order valence-electron chi connectivity index (χ2n) is 6.07. The monoisotopic (exact) mass is 321 g/mol. The normalized spacial score (nSPS) is 17.7. The summed E-state index contributed by atoms with van der Waals surface area (Å²) in [4.78, 5) is 26.4. The van der Waals surface area contributed by atoms with Crippen molar-refractivity contribution in [3.63, 3.8) is 0 Å². The standard InChI is InChI=1S/C17H27N3O3/c1-3-8-18-16(21)13(2)20-9-6-14(7-10-20)17(22)19-12-15-5-4-11-23-15/h4-5,11,13-14H,3,6-10,12H2,1-2H3,(H,18,21)(H,19,22)/t13-/m1/s1. The van der Waals surface area contributed by atoms with Gasteiger partial charge >= 0.3 is 0 Å². The zero-order valence-corrected chi connectivity index (χ0v) is 14.0. The number of nitrogens with zero attached hydrogens (tertiary/aromatic N) is 1. The minimum atomic E-state index is -0.131. The van der Waals surface area contributed by atoms with E-state index < -0.39 is 0 Å². The summed E-state index contributed by atoms with van der Waals surface area (Å²) in [5.74, 6) is 0.931. The van der Waals surface area contributed by atoms with E-state index in [0.29, 0.717) is 6.54 Å². The Kier molecular flexibility index (Phi) is 6.65. The topological polar surface area (TPSA) is 74.6 Å². The van der Waals surface area contributed by atoms with Crippen molar-refractivity contribution in [2.45, 2.75) is 45.7 Å². The summed E-state index contributed by atoms with van der Waals surface area (Å²) in [5, 5.41) is 5.85. The number of nitrogens with one attached hydrogen (secondary N) is 2. The average molecular weight is 321 g/mol. The molecule has 0 radical (unpaired) electrons. The molecule has 1 saturated heterocycles. The summed E-state index contributed by atoms with van der Waals surface area (Å²) in [5.41, 5.74) is 0. The first-order valence-corrected chi connectivity index (χ1v) is 8.43. The maximum atomic E-state index is 12.2. The van der Waals surface area contributed by atoms with Crippen LogP contribution in [0.1, 0.15) is 38.9 Å². The maximum absolute atomic E-state index is 12.2. The van der Waals surface area contributed by atoms with Gasteiger partial charge in [-0.15, -0.1) is 0 Å². The van der Waals surface area contributed by atoms with E-state index in [9.17, 15) is 9.59 Å². The summed E-state index contributed by atoms with van der Waals surface area (Å²) in [6.07, 6.45) is 4.12. The highest BCUT2D eigenvalue weighted by Crippen LogP contribution is 2.19. The number of furan rings is 1. The number of carbonyl (C=O) groups excluding carboxylic acids is 2. The van der Waals surface area contributed by atoms with Gasteiger partial charge in [0.25, 0.3) is 0 Å². The van der Waals surface area contributed by atoms with Crippen molar-refractivity contribution < 1.29 is 14.0 Å². The zero-order valence-electron chi connectivity index (χ0n) is 14.0. The molecule has 0 saturated carbocycles. The van der Waals surface area contributed by atoms with Crippen LogP contribution in [0.2, 0.25) is 0 Å². The van der Waals surface area contributed by atoms with Crippen molar-refractivity contribution in [2.75, 3.05) is 19.6 Å². The fourth-order valence-corrected chi connectivity index (χ4v) is 2.84. The van der Waals surface area contributed by atoms with Gasteiger partial charge < -0.3 is 15.1 Å². The molecule has 0 aromatic carbocycles. The molecule has 1 atom stereocenters. The third-order valence-corrected chi connectivity index (χ3v) is 4.39. The van der Waals surface area contributed by atoms with E-state index in [2.05, 4.69) is 15.5 Å². The molecule has 1 aliphatic rings. The number of hydrogen-bond donors (Lipinski definition) is 2. The van der Waals surface area contributed by atoms with Crippen molar-refractivity contribution in [3.8, 4) is 0 Å². The third kappa shape index (κ3) is 5.10. The fraction of sp³-hybridized carbons (Fsp3) is 0.647. The summed E-state index contributed by atoms with van der Waals surface area (Å²) < 4.78 is 5.21. The van der Waals surface area contributed by atoms with Crippen LogP contribution in [0, 0.1) is 5.92 Å². The summed E-state index contributed by atoms with van der Waals surface area (Å²) >= 11 is 0. The van der Waals surface area contributed by atoms with Gasteiger partial charge in [0, 0.05) is 12.5 Å². The molecule has 2 N–H and O–H groups in total. The predicted molar refractivity (Wildman–Crippen MR) is 87.6 cm³/mol. The number of amides is 2. The van der Waals surface area contributed by atoms with Crippen molar-refractivity contribution in [1.29, 1.82) is 0 Å². The summed E-state index contributed by atoms with van der Waals surface area (Å²) in [6.45, 7) is 6.68. The molecule has 0 aliphatic carbocycles. The molecule has 6 nitrogen and oxygen atoms in total. The van der Waals surface area contributed by atoms with Gasteiger partial charge in [0.2, 0.25) is 11.8 Å². The van der Waals surface area contributed by atoms with Gasteiger partial charge in [-0.3, -0.25) is 14.5 Å². The van der Waals surface area contributed by atoms with Crippen LogP contribution in [-0.2, 0) is 16.1 Å². The van der Waals surface area contributed by atoms with Crippen LogP contribution in [0.3, 0.4) is 0 Å². The van der Waals surface area contributed by atoms with E-state index in [0.717, 1.165) is 44.7 Å². The Hall–Kier alpha value is -1.82. The Morgan fingerprint density at radius 1 is 1.35 bits per heavy atom. The van der Waals surface area contributed by atoms with E-state index in [1.54, 1.807) is 6.26 Å². The lowest BCUT2D eigenvalue weighted by Gasteiger charge is -2.34. The Bertz CT molecular complexity index is 493. The van der Waals surface area contributed by atoms with Gasteiger partial charge in [0.15, 0.2) is 0 Å². The highest BCUT2D eigenvalue weighted by molar-refractivity contribution is 5.81. The van der Waals surface area contributed by atoms with E-state index >= 15 is 0 Å². The molecule has 1 aliphatic heterocycles. The molecule has 1 fully saturated rings. The van der Waals surface area contributed by atoms with Crippen LogP contribution in [0.25, 0.3) is 0 Å². The van der Waals surface area contributed by atoms with Crippen molar-refractivity contribution in [1.82, 2.24) is 15.5 Å². The third-order valence-electron chi connectivity index (χ3n) is 4.39. The first-order chi connectivity index (χ1) is 11.1. The molecule has 2 heterocycles. The minimum Gasteiger partial charge on any atom is -0.467 e. The molecular formula is C17H27N3O3. The molecule has 128 valence electrons. The second kappa shape index (κ2) is 8.72.